The Labute approximate surface area is 125 Å². The highest BCUT2D eigenvalue weighted by Gasteiger charge is 2.22. The number of H-pyrrole nitrogens is 1. The molecule has 2 heterocycles. The Kier molecular flexibility index (Phi) is 4.73. The van der Waals surface area contributed by atoms with Crippen molar-refractivity contribution in [2.45, 2.75) is 40.2 Å². The third-order valence-corrected chi connectivity index (χ3v) is 3.54. The number of carbonyl (C=O) groups excluding carboxylic acids is 1. The van der Waals surface area contributed by atoms with Crippen molar-refractivity contribution >= 4 is 5.91 Å². The summed E-state index contributed by atoms with van der Waals surface area (Å²) in [5, 5.41) is 9.96. The number of rotatable bonds is 5. The van der Waals surface area contributed by atoms with E-state index in [0.717, 1.165) is 23.4 Å². The molecule has 0 bridgehead atoms. The lowest BCUT2D eigenvalue weighted by Gasteiger charge is -2.22. The zero-order chi connectivity index (χ0) is 15.4. The van der Waals surface area contributed by atoms with Gasteiger partial charge in [-0.2, -0.15) is 5.10 Å². The first-order valence-corrected chi connectivity index (χ1v) is 7.29. The van der Waals surface area contributed by atoms with Crippen LogP contribution < -0.4 is 5.32 Å². The summed E-state index contributed by atoms with van der Waals surface area (Å²) in [6.07, 6.45) is 2.58. The van der Waals surface area contributed by atoms with Gasteiger partial charge in [0, 0.05) is 11.9 Å². The SMILES string of the molecule is CCc1cc(C(=O)NC(c2ncccc2C)C(C)C)n[nH]1. The highest BCUT2D eigenvalue weighted by atomic mass is 16.2. The quantitative estimate of drug-likeness (QED) is 0.888. The molecule has 0 aromatic carbocycles. The van der Waals surface area contributed by atoms with Gasteiger partial charge in [-0.15, -0.1) is 0 Å². The average Bonchev–Trinajstić information content (AvgIpc) is 2.94. The van der Waals surface area contributed by atoms with E-state index in [1.54, 1.807) is 12.3 Å². The van der Waals surface area contributed by atoms with E-state index in [1.807, 2.05) is 26.0 Å². The first-order chi connectivity index (χ1) is 10.0. The maximum absolute atomic E-state index is 12.4. The molecule has 0 saturated carbocycles. The summed E-state index contributed by atoms with van der Waals surface area (Å²) >= 11 is 0. The Hall–Kier alpha value is -2.17. The van der Waals surface area contributed by atoms with E-state index in [2.05, 4.69) is 34.3 Å². The number of amides is 1. The molecule has 0 saturated heterocycles. The van der Waals surface area contributed by atoms with Crippen LogP contribution in [0.3, 0.4) is 0 Å². The molecule has 0 aliphatic carbocycles. The van der Waals surface area contributed by atoms with Crippen LogP contribution in [0.5, 0.6) is 0 Å². The summed E-state index contributed by atoms with van der Waals surface area (Å²) in [4.78, 5) is 16.8. The molecular formula is C16H22N4O. The molecule has 2 aromatic rings. The molecule has 0 spiro atoms. The first-order valence-electron chi connectivity index (χ1n) is 7.29. The highest BCUT2D eigenvalue weighted by molar-refractivity contribution is 5.92. The molecule has 112 valence electrons. The molecule has 1 amide bonds. The van der Waals surface area contributed by atoms with E-state index in [0.29, 0.717) is 5.69 Å². The van der Waals surface area contributed by atoms with Crippen molar-refractivity contribution in [2.24, 2.45) is 5.92 Å². The number of hydrogen-bond acceptors (Lipinski definition) is 3. The van der Waals surface area contributed by atoms with Gasteiger partial charge in [0.05, 0.1) is 11.7 Å². The Morgan fingerprint density at radius 3 is 2.76 bits per heavy atom. The van der Waals surface area contributed by atoms with Crippen molar-refractivity contribution in [2.75, 3.05) is 0 Å². The molecule has 0 aliphatic rings. The van der Waals surface area contributed by atoms with Gasteiger partial charge in [-0.3, -0.25) is 14.9 Å². The number of aromatic amines is 1. The molecule has 1 unspecified atom stereocenters. The zero-order valence-corrected chi connectivity index (χ0v) is 13.0. The zero-order valence-electron chi connectivity index (χ0n) is 13.0. The van der Waals surface area contributed by atoms with E-state index in [4.69, 9.17) is 0 Å². The van der Waals surface area contributed by atoms with Crippen molar-refractivity contribution < 1.29 is 4.79 Å². The predicted octanol–water partition coefficient (Wildman–Crippen LogP) is 2.80. The van der Waals surface area contributed by atoms with Crippen LogP contribution in [0.2, 0.25) is 0 Å². The highest BCUT2D eigenvalue weighted by Crippen LogP contribution is 2.22. The van der Waals surface area contributed by atoms with Gasteiger partial charge in [-0.05, 0) is 37.0 Å². The number of hydrogen-bond donors (Lipinski definition) is 2. The molecule has 5 nitrogen and oxygen atoms in total. The number of aryl methyl sites for hydroxylation is 2. The van der Waals surface area contributed by atoms with E-state index < -0.39 is 0 Å². The third-order valence-electron chi connectivity index (χ3n) is 3.54. The van der Waals surface area contributed by atoms with Gasteiger partial charge >= 0.3 is 0 Å². The average molecular weight is 286 g/mol. The van der Waals surface area contributed by atoms with E-state index in [1.165, 1.54) is 0 Å². The maximum Gasteiger partial charge on any atom is 0.272 e. The summed E-state index contributed by atoms with van der Waals surface area (Å²) in [6.45, 7) is 8.17. The van der Waals surface area contributed by atoms with E-state index in [9.17, 15) is 4.79 Å². The summed E-state index contributed by atoms with van der Waals surface area (Å²) in [5.74, 6) is 0.0711. The van der Waals surface area contributed by atoms with Crippen LogP contribution >= 0.6 is 0 Å². The van der Waals surface area contributed by atoms with Crippen LogP contribution in [0.1, 0.15) is 54.3 Å². The third kappa shape index (κ3) is 3.48. The van der Waals surface area contributed by atoms with Crippen LogP contribution in [0.4, 0.5) is 0 Å². The molecule has 2 rings (SSSR count). The summed E-state index contributed by atoms with van der Waals surface area (Å²) in [5.41, 5.74) is 3.36. The lowest BCUT2D eigenvalue weighted by atomic mass is 9.97. The van der Waals surface area contributed by atoms with E-state index in [-0.39, 0.29) is 17.9 Å². The minimum atomic E-state index is -0.172. The Morgan fingerprint density at radius 1 is 1.43 bits per heavy atom. The fraction of sp³-hybridized carbons (Fsp3) is 0.438. The van der Waals surface area contributed by atoms with Crippen molar-refractivity contribution in [3.05, 3.63) is 47.0 Å². The lowest BCUT2D eigenvalue weighted by molar-refractivity contribution is 0.0919. The van der Waals surface area contributed by atoms with Crippen LogP contribution in [-0.2, 0) is 6.42 Å². The maximum atomic E-state index is 12.4. The second-order valence-corrected chi connectivity index (χ2v) is 5.53. The predicted molar refractivity (Wildman–Crippen MR) is 82.0 cm³/mol. The molecule has 1 atom stereocenters. The van der Waals surface area contributed by atoms with Gasteiger partial charge in [0.1, 0.15) is 5.69 Å². The second kappa shape index (κ2) is 6.52. The van der Waals surface area contributed by atoms with E-state index >= 15 is 0 Å². The van der Waals surface area contributed by atoms with Crippen molar-refractivity contribution in [3.8, 4) is 0 Å². The summed E-state index contributed by atoms with van der Waals surface area (Å²) in [7, 11) is 0. The van der Waals surface area contributed by atoms with Gasteiger partial charge < -0.3 is 5.32 Å². The molecule has 0 aliphatic heterocycles. The van der Waals surface area contributed by atoms with Crippen LogP contribution in [0, 0.1) is 12.8 Å². The standard InChI is InChI=1S/C16H22N4O/c1-5-12-9-13(20-19-12)16(21)18-14(10(2)3)15-11(4)7-6-8-17-15/h6-10,14H,5H2,1-4H3,(H,18,21)(H,19,20). The Morgan fingerprint density at radius 2 is 2.19 bits per heavy atom. The van der Waals surface area contributed by atoms with Crippen molar-refractivity contribution in [1.29, 1.82) is 0 Å². The minimum absolute atomic E-state index is 0.125. The van der Waals surface area contributed by atoms with Gasteiger partial charge in [-0.1, -0.05) is 26.8 Å². The summed E-state index contributed by atoms with van der Waals surface area (Å²) in [6, 6.07) is 5.57. The molecule has 21 heavy (non-hydrogen) atoms. The van der Waals surface area contributed by atoms with Crippen LogP contribution in [0.25, 0.3) is 0 Å². The minimum Gasteiger partial charge on any atom is -0.342 e. The second-order valence-electron chi connectivity index (χ2n) is 5.53. The molecule has 5 heteroatoms. The normalized spacial score (nSPS) is 12.4. The monoisotopic (exact) mass is 286 g/mol. The van der Waals surface area contributed by atoms with Crippen molar-refractivity contribution in [3.63, 3.8) is 0 Å². The Balaban J connectivity index is 2.21. The van der Waals surface area contributed by atoms with Crippen molar-refractivity contribution in [1.82, 2.24) is 20.5 Å². The fourth-order valence-corrected chi connectivity index (χ4v) is 2.25. The molecule has 2 aromatic heterocycles. The number of pyridine rings is 1. The number of carbonyl (C=O) groups is 1. The largest absolute Gasteiger partial charge is 0.342 e. The smallest absolute Gasteiger partial charge is 0.272 e. The molecule has 2 N–H and O–H groups in total. The molecule has 0 fully saturated rings. The van der Waals surface area contributed by atoms with Gasteiger partial charge in [0.2, 0.25) is 0 Å². The lowest BCUT2D eigenvalue weighted by Crippen LogP contribution is -2.33. The van der Waals surface area contributed by atoms with Gasteiger partial charge in [0.15, 0.2) is 0 Å². The molecule has 0 radical (unpaired) electrons. The number of aromatic nitrogens is 3. The Bertz CT molecular complexity index is 618. The van der Waals surface area contributed by atoms with Crippen LogP contribution in [0.15, 0.2) is 24.4 Å². The first kappa shape index (κ1) is 15.2. The number of nitrogens with zero attached hydrogens (tertiary/aromatic N) is 2. The fourth-order valence-electron chi connectivity index (χ4n) is 2.25. The molecular weight excluding hydrogens is 264 g/mol. The summed E-state index contributed by atoms with van der Waals surface area (Å²) < 4.78 is 0. The topological polar surface area (TPSA) is 70.7 Å². The number of nitrogens with one attached hydrogen (secondary N) is 2. The van der Waals surface area contributed by atoms with Crippen LogP contribution in [-0.4, -0.2) is 21.1 Å². The van der Waals surface area contributed by atoms with Gasteiger partial charge in [0.25, 0.3) is 5.91 Å². The van der Waals surface area contributed by atoms with Gasteiger partial charge in [-0.25, -0.2) is 0 Å².